The third kappa shape index (κ3) is 4.83. The molecule has 1 aliphatic rings. The Morgan fingerprint density at radius 2 is 1.62 bits per heavy atom. The van der Waals surface area contributed by atoms with E-state index in [9.17, 15) is 4.79 Å². The lowest BCUT2D eigenvalue weighted by Gasteiger charge is -2.21. The lowest BCUT2D eigenvalue weighted by molar-refractivity contribution is -0.120. The number of carbonyl (C=O) groups excluding carboxylic acids is 1. The summed E-state index contributed by atoms with van der Waals surface area (Å²) in [6.07, 6.45) is 2.84. The average molecular weight is 323 g/mol. The molecule has 126 valence electrons. The molecule has 1 aliphatic heterocycles. The Labute approximate surface area is 143 Å². The van der Waals surface area contributed by atoms with Gasteiger partial charge in [-0.3, -0.25) is 4.79 Å². The van der Waals surface area contributed by atoms with Gasteiger partial charge in [0, 0.05) is 23.8 Å². The van der Waals surface area contributed by atoms with E-state index >= 15 is 0 Å². The minimum absolute atomic E-state index is 0.134. The second-order valence-corrected chi connectivity index (χ2v) is 6.25. The number of rotatable bonds is 6. The number of hydrogen-bond donors (Lipinski definition) is 3. The normalized spacial score (nSPS) is 15.0. The number of carbonyl (C=O) groups is 1. The number of anilines is 2. The maximum Gasteiger partial charge on any atom is 0.227 e. The predicted molar refractivity (Wildman–Crippen MR) is 99.3 cm³/mol. The molecule has 0 unspecified atom stereocenters. The lowest BCUT2D eigenvalue weighted by atomic mass is 9.97. The van der Waals surface area contributed by atoms with Gasteiger partial charge in [-0.25, -0.2) is 0 Å². The number of amides is 1. The summed E-state index contributed by atoms with van der Waals surface area (Å²) in [5, 5.41) is 9.73. The van der Waals surface area contributed by atoms with Gasteiger partial charge in [-0.05, 0) is 62.2 Å². The van der Waals surface area contributed by atoms with Crippen LogP contribution in [0, 0.1) is 5.92 Å². The third-order valence-corrected chi connectivity index (χ3v) is 4.45. The van der Waals surface area contributed by atoms with Crippen LogP contribution in [-0.4, -0.2) is 25.5 Å². The Morgan fingerprint density at radius 3 is 2.33 bits per heavy atom. The van der Waals surface area contributed by atoms with E-state index in [0.717, 1.165) is 50.3 Å². The van der Waals surface area contributed by atoms with Crippen molar-refractivity contribution in [3.05, 3.63) is 60.2 Å². The molecular weight excluding hydrogens is 298 g/mol. The van der Waals surface area contributed by atoms with Gasteiger partial charge in [0.25, 0.3) is 0 Å². The van der Waals surface area contributed by atoms with Gasteiger partial charge in [-0.1, -0.05) is 30.3 Å². The summed E-state index contributed by atoms with van der Waals surface area (Å²) < 4.78 is 0. The molecule has 1 amide bonds. The molecule has 24 heavy (non-hydrogen) atoms. The van der Waals surface area contributed by atoms with Crippen LogP contribution in [0.3, 0.4) is 0 Å². The van der Waals surface area contributed by atoms with Crippen LogP contribution >= 0.6 is 0 Å². The van der Waals surface area contributed by atoms with Crippen molar-refractivity contribution >= 4 is 17.3 Å². The first-order valence-electron chi connectivity index (χ1n) is 8.71. The van der Waals surface area contributed by atoms with Gasteiger partial charge < -0.3 is 16.0 Å². The highest BCUT2D eigenvalue weighted by Gasteiger charge is 2.20. The smallest absolute Gasteiger partial charge is 0.227 e. The molecule has 0 atom stereocenters. The second kappa shape index (κ2) is 8.50. The first-order valence-corrected chi connectivity index (χ1v) is 8.71. The van der Waals surface area contributed by atoms with Gasteiger partial charge in [0.15, 0.2) is 0 Å². The van der Waals surface area contributed by atoms with E-state index in [1.54, 1.807) is 0 Å². The fourth-order valence-corrected chi connectivity index (χ4v) is 3.00. The van der Waals surface area contributed by atoms with Crippen LogP contribution in [0.1, 0.15) is 18.4 Å². The van der Waals surface area contributed by atoms with E-state index in [1.165, 1.54) is 5.56 Å². The largest absolute Gasteiger partial charge is 0.385 e. The van der Waals surface area contributed by atoms with Crippen molar-refractivity contribution in [3.63, 3.8) is 0 Å². The summed E-state index contributed by atoms with van der Waals surface area (Å²) in [4.78, 5) is 12.2. The molecule has 4 nitrogen and oxygen atoms in total. The van der Waals surface area contributed by atoms with E-state index < -0.39 is 0 Å². The molecule has 0 radical (unpaired) electrons. The van der Waals surface area contributed by atoms with E-state index in [0.29, 0.717) is 0 Å². The number of piperidine rings is 1. The molecule has 0 saturated carbocycles. The van der Waals surface area contributed by atoms with E-state index in [-0.39, 0.29) is 11.8 Å². The average Bonchev–Trinajstić information content (AvgIpc) is 2.65. The van der Waals surface area contributed by atoms with Crippen LogP contribution in [0.4, 0.5) is 11.4 Å². The summed E-state index contributed by atoms with van der Waals surface area (Å²) in [6, 6.07) is 18.4. The fourth-order valence-electron chi connectivity index (χ4n) is 3.00. The van der Waals surface area contributed by atoms with Crippen LogP contribution in [0.5, 0.6) is 0 Å². The quantitative estimate of drug-likeness (QED) is 0.765. The first-order chi connectivity index (χ1) is 11.8. The standard InChI is InChI=1S/C20H25N3O/c24-20(17-11-13-21-14-12-17)23-19-8-6-18(7-9-19)22-15-10-16-4-2-1-3-5-16/h1-9,17,21-22H,10-15H2,(H,23,24). The fraction of sp³-hybridized carbons (Fsp3) is 0.350. The number of hydrogen-bond acceptors (Lipinski definition) is 3. The van der Waals surface area contributed by atoms with Crippen LogP contribution in [0.25, 0.3) is 0 Å². The molecular formula is C20H25N3O. The highest BCUT2D eigenvalue weighted by molar-refractivity contribution is 5.92. The predicted octanol–water partition coefficient (Wildman–Crippen LogP) is 3.28. The molecule has 4 heteroatoms. The Balaban J connectivity index is 1.45. The molecule has 3 rings (SSSR count). The summed E-state index contributed by atoms with van der Waals surface area (Å²) in [6.45, 7) is 2.76. The molecule has 2 aromatic rings. The Hall–Kier alpha value is -2.33. The van der Waals surface area contributed by atoms with Crippen LogP contribution in [0.15, 0.2) is 54.6 Å². The van der Waals surface area contributed by atoms with Gasteiger partial charge in [0.1, 0.15) is 0 Å². The zero-order valence-corrected chi connectivity index (χ0v) is 13.9. The maximum atomic E-state index is 12.2. The highest BCUT2D eigenvalue weighted by Crippen LogP contribution is 2.17. The van der Waals surface area contributed by atoms with Crippen LogP contribution < -0.4 is 16.0 Å². The summed E-state index contributed by atoms with van der Waals surface area (Å²) in [7, 11) is 0. The third-order valence-electron chi connectivity index (χ3n) is 4.45. The van der Waals surface area contributed by atoms with Crippen molar-refractivity contribution in [2.45, 2.75) is 19.3 Å². The Bertz CT molecular complexity index is 634. The molecule has 3 N–H and O–H groups in total. The van der Waals surface area contributed by atoms with E-state index in [2.05, 4.69) is 40.2 Å². The van der Waals surface area contributed by atoms with Gasteiger partial charge in [-0.2, -0.15) is 0 Å². The van der Waals surface area contributed by atoms with Gasteiger partial charge >= 0.3 is 0 Å². The minimum atomic E-state index is 0.134. The highest BCUT2D eigenvalue weighted by atomic mass is 16.1. The SMILES string of the molecule is O=C(Nc1ccc(NCCc2ccccc2)cc1)C1CCNCC1. The monoisotopic (exact) mass is 323 g/mol. The minimum Gasteiger partial charge on any atom is -0.385 e. The zero-order valence-electron chi connectivity index (χ0n) is 13.9. The van der Waals surface area contributed by atoms with Crippen molar-refractivity contribution < 1.29 is 4.79 Å². The van der Waals surface area contributed by atoms with Crippen LogP contribution in [-0.2, 0) is 11.2 Å². The lowest BCUT2D eigenvalue weighted by Crippen LogP contribution is -2.34. The maximum absolute atomic E-state index is 12.2. The molecule has 1 saturated heterocycles. The summed E-state index contributed by atoms with van der Waals surface area (Å²) >= 11 is 0. The number of nitrogens with one attached hydrogen (secondary N) is 3. The van der Waals surface area contributed by atoms with Crippen molar-refractivity contribution in [1.82, 2.24) is 5.32 Å². The summed E-state index contributed by atoms with van der Waals surface area (Å²) in [5.74, 6) is 0.274. The zero-order chi connectivity index (χ0) is 16.6. The molecule has 1 fully saturated rings. The van der Waals surface area contributed by atoms with Crippen molar-refractivity contribution in [2.75, 3.05) is 30.3 Å². The molecule has 0 bridgehead atoms. The van der Waals surface area contributed by atoms with Gasteiger partial charge in [0.2, 0.25) is 5.91 Å². The molecule has 0 aromatic heterocycles. The molecule has 2 aromatic carbocycles. The topological polar surface area (TPSA) is 53.2 Å². The molecule has 0 aliphatic carbocycles. The Kier molecular flexibility index (Phi) is 5.85. The summed E-state index contributed by atoms with van der Waals surface area (Å²) in [5.41, 5.74) is 3.27. The molecule has 1 heterocycles. The van der Waals surface area contributed by atoms with Gasteiger partial charge in [0.05, 0.1) is 0 Å². The second-order valence-electron chi connectivity index (χ2n) is 6.25. The van der Waals surface area contributed by atoms with Crippen molar-refractivity contribution in [2.24, 2.45) is 5.92 Å². The Morgan fingerprint density at radius 1 is 0.958 bits per heavy atom. The van der Waals surface area contributed by atoms with Crippen molar-refractivity contribution in [3.8, 4) is 0 Å². The van der Waals surface area contributed by atoms with Gasteiger partial charge in [-0.15, -0.1) is 0 Å². The first kappa shape index (κ1) is 16.5. The van der Waals surface area contributed by atoms with E-state index in [4.69, 9.17) is 0 Å². The number of benzene rings is 2. The van der Waals surface area contributed by atoms with E-state index in [1.807, 2.05) is 30.3 Å². The van der Waals surface area contributed by atoms with Crippen molar-refractivity contribution in [1.29, 1.82) is 0 Å². The molecule has 0 spiro atoms. The van der Waals surface area contributed by atoms with Crippen LogP contribution in [0.2, 0.25) is 0 Å².